The van der Waals surface area contributed by atoms with Gasteiger partial charge in [0.2, 0.25) is 6.79 Å². The highest BCUT2D eigenvalue weighted by molar-refractivity contribution is 7.92. The van der Waals surface area contributed by atoms with E-state index in [9.17, 15) is 8.42 Å². The van der Waals surface area contributed by atoms with Crippen LogP contribution in [0.3, 0.4) is 0 Å². The number of fused-ring (bicyclic) bond motifs is 1. The summed E-state index contributed by atoms with van der Waals surface area (Å²) in [6.07, 6.45) is 0. The van der Waals surface area contributed by atoms with Crippen molar-refractivity contribution in [2.45, 2.75) is 18.2 Å². The second kappa shape index (κ2) is 4.66. The topological polar surface area (TPSA) is 76.7 Å². The van der Waals surface area contributed by atoms with Crippen LogP contribution < -0.4 is 20.3 Å². The first kappa shape index (κ1) is 12.7. The lowest BCUT2D eigenvalue weighted by atomic mass is 9.99. The molecule has 0 radical (unpaired) electrons. The zero-order valence-corrected chi connectivity index (χ0v) is 11.4. The molecule has 0 saturated carbocycles. The zero-order chi connectivity index (χ0) is 13.5. The minimum atomic E-state index is -3.15. The predicted octanol–water partition coefficient (Wildman–Crippen LogP) is 0.368. The van der Waals surface area contributed by atoms with Crippen molar-refractivity contribution in [2.75, 3.05) is 19.1 Å². The van der Waals surface area contributed by atoms with Crippen molar-refractivity contribution in [3.8, 4) is 11.5 Å². The van der Waals surface area contributed by atoms with Gasteiger partial charge in [0.25, 0.3) is 0 Å². The summed E-state index contributed by atoms with van der Waals surface area (Å²) in [4.78, 5) is 0. The maximum atomic E-state index is 12.1. The highest BCUT2D eigenvalue weighted by Crippen LogP contribution is 2.36. The Bertz CT molecular complexity index is 587. The lowest BCUT2D eigenvalue weighted by Crippen LogP contribution is -2.39. The van der Waals surface area contributed by atoms with Crippen molar-refractivity contribution < 1.29 is 17.9 Å². The van der Waals surface area contributed by atoms with Gasteiger partial charge in [0.1, 0.15) is 5.37 Å². The Morgan fingerprint density at radius 3 is 2.89 bits per heavy atom. The molecule has 1 aromatic rings. The third-order valence-electron chi connectivity index (χ3n) is 3.55. The molecule has 3 rings (SSSR count). The standard InChI is InChI=1S/C12H16N2O4S/c1-2-19(15,16)12-9(6-13-14-12)8-3-4-10-11(5-8)18-7-17-10/h3-5,9,12-14H,2,6-7H2,1H3. The normalized spacial score (nSPS) is 25.7. The van der Waals surface area contributed by atoms with E-state index in [4.69, 9.17) is 9.47 Å². The van der Waals surface area contributed by atoms with Crippen molar-refractivity contribution in [3.05, 3.63) is 23.8 Å². The zero-order valence-electron chi connectivity index (χ0n) is 10.5. The molecule has 2 atom stereocenters. The fourth-order valence-corrected chi connectivity index (χ4v) is 3.81. The molecule has 0 aliphatic carbocycles. The van der Waals surface area contributed by atoms with Crippen LogP contribution in [0.5, 0.6) is 11.5 Å². The van der Waals surface area contributed by atoms with E-state index in [0.29, 0.717) is 18.0 Å². The minimum absolute atomic E-state index is 0.118. The molecule has 2 heterocycles. The minimum Gasteiger partial charge on any atom is -0.454 e. The number of hydrogen-bond acceptors (Lipinski definition) is 6. The first-order valence-electron chi connectivity index (χ1n) is 6.21. The number of sulfone groups is 1. The maximum absolute atomic E-state index is 12.1. The van der Waals surface area contributed by atoms with Crippen LogP contribution in [0.2, 0.25) is 0 Å². The molecule has 0 bridgehead atoms. The monoisotopic (exact) mass is 284 g/mol. The summed E-state index contributed by atoms with van der Waals surface area (Å²) in [7, 11) is -3.15. The molecule has 6 nitrogen and oxygen atoms in total. The predicted molar refractivity (Wildman–Crippen MR) is 69.7 cm³/mol. The van der Waals surface area contributed by atoms with Crippen molar-refractivity contribution >= 4 is 9.84 Å². The first-order valence-corrected chi connectivity index (χ1v) is 7.93. The summed E-state index contributed by atoms with van der Waals surface area (Å²) in [5.74, 6) is 1.38. The number of benzene rings is 1. The van der Waals surface area contributed by atoms with Gasteiger partial charge in [-0.15, -0.1) is 0 Å². The number of nitrogens with one attached hydrogen (secondary N) is 2. The van der Waals surface area contributed by atoms with E-state index in [0.717, 1.165) is 5.56 Å². The van der Waals surface area contributed by atoms with Gasteiger partial charge in [0, 0.05) is 18.2 Å². The molecule has 2 unspecified atom stereocenters. The van der Waals surface area contributed by atoms with Gasteiger partial charge in [-0.1, -0.05) is 13.0 Å². The number of hydrazine groups is 1. The van der Waals surface area contributed by atoms with Crippen LogP contribution in [0.25, 0.3) is 0 Å². The average Bonchev–Trinajstić information content (AvgIpc) is 3.06. The van der Waals surface area contributed by atoms with Crippen LogP contribution in [-0.4, -0.2) is 32.9 Å². The van der Waals surface area contributed by atoms with Crippen LogP contribution >= 0.6 is 0 Å². The van der Waals surface area contributed by atoms with E-state index in [-0.39, 0.29) is 18.5 Å². The Kier molecular flexibility index (Phi) is 3.12. The third kappa shape index (κ3) is 2.18. The molecule has 0 spiro atoms. The van der Waals surface area contributed by atoms with Crippen LogP contribution in [0.15, 0.2) is 18.2 Å². The Morgan fingerprint density at radius 2 is 2.11 bits per heavy atom. The summed E-state index contributed by atoms with van der Waals surface area (Å²) < 4.78 is 34.7. The van der Waals surface area contributed by atoms with Crippen LogP contribution in [0.4, 0.5) is 0 Å². The van der Waals surface area contributed by atoms with Gasteiger partial charge in [-0.25, -0.2) is 13.8 Å². The first-order chi connectivity index (χ1) is 9.12. The van der Waals surface area contributed by atoms with E-state index in [2.05, 4.69) is 10.9 Å². The van der Waals surface area contributed by atoms with Crippen LogP contribution in [-0.2, 0) is 9.84 Å². The number of rotatable bonds is 3. The quantitative estimate of drug-likeness (QED) is 0.835. The Hall–Kier alpha value is -1.31. The van der Waals surface area contributed by atoms with Gasteiger partial charge in [0.05, 0.1) is 0 Å². The maximum Gasteiger partial charge on any atom is 0.231 e. The summed E-state index contributed by atoms with van der Waals surface area (Å²) in [5, 5.41) is -0.599. The van der Waals surface area contributed by atoms with E-state index < -0.39 is 15.2 Å². The fourth-order valence-electron chi connectivity index (χ4n) is 2.43. The van der Waals surface area contributed by atoms with Crippen molar-refractivity contribution in [1.82, 2.24) is 10.9 Å². The fraction of sp³-hybridized carbons (Fsp3) is 0.500. The van der Waals surface area contributed by atoms with E-state index >= 15 is 0 Å². The van der Waals surface area contributed by atoms with Gasteiger partial charge in [-0.05, 0) is 17.7 Å². The van der Waals surface area contributed by atoms with Crippen molar-refractivity contribution in [1.29, 1.82) is 0 Å². The van der Waals surface area contributed by atoms with Crippen molar-refractivity contribution in [2.24, 2.45) is 0 Å². The van der Waals surface area contributed by atoms with Crippen molar-refractivity contribution in [3.63, 3.8) is 0 Å². The second-order valence-corrected chi connectivity index (χ2v) is 7.03. The molecule has 0 amide bonds. The van der Waals surface area contributed by atoms with Gasteiger partial charge in [0.15, 0.2) is 21.3 Å². The van der Waals surface area contributed by atoms with E-state index in [1.165, 1.54) is 0 Å². The smallest absolute Gasteiger partial charge is 0.231 e. The Labute approximate surface area is 112 Å². The number of ether oxygens (including phenoxy) is 2. The highest BCUT2D eigenvalue weighted by atomic mass is 32.2. The molecule has 2 N–H and O–H groups in total. The molecule has 19 heavy (non-hydrogen) atoms. The molecule has 1 fully saturated rings. The molecule has 1 aromatic carbocycles. The largest absolute Gasteiger partial charge is 0.454 e. The molecule has 104 valence electrons. The third-order valence-corrected chi connectivity index (χ3v) is 5.57. The molecular formula is C12H16N2O4S. The summed E-state index contributed by atoms with van der Waals surface area (Å²) in [5.41, 5.74) is 6.72. The molecular weight excluding hydrogens is 268 g/mol. The molecule has 2 aliphatic rings. The van der Waals surface area contributed by atoms with Gasteiger partial charge in [-0.2, -0.15) is 0 Å². The lowest BCUT2D eigenvalue weighted by Gasteiger charge is -2.18. The molecule has 1 saturated heterocycles. The van der Waals surface area contributed by atoms with E-state index in [1.807, 2.05) is 18.2 Å². The van der Waals surface area contributed by atoms with Gasteiger partial charge < -0.3 is 9.47 Å². The SMILES string of the molecule is CCS(=O)(=O)C1NNCC1c1ccc2c(c1)OCO2. The summed E-state index contributed by atoms with van der Waals surface area (Å²) in [6.45, 7) is 2.45. The molecule has 7 heteroatoms. The Balaban J connectivity index is 1.93. The Morgan fingerprint density at radius 1 is 1.32 bits per heavy atom. The summed E-state index contributed by atoms with van der Waals surface area (Å²) >= 11 is 0. The van der Waals surface area contributed by atoms with Crippen LogP contribution in [0, 0.1) is 0 Å². The van der Waals surface area contributed by atoms with E-state index in [1.54, 1.807) is 6.92 Å². The summed E-state index contributed by atoms with van der Waals surface area (Å²) in [6, 6.07) is 5.58. The lowest BCUT2D eigenvalue weighted by molar-refractivity contribution is 0.174. The second-order valence-electron chi connectivity index (χ2n) is 4.62. The average molecular weight is 284 g/mol. The van der Waals surface area contributed by atoms with Gasteiger partial charge >= 0.3 is 0 Å². The molecule has 0 aromatic heterocycles. The van der Waals surface area contributed by atoms with Gasteiger partial charge in [-0.3, -0.25) is 5.43 Å². The number of hydrogen-bond donors (Lipinski definition) is 2. The highest BCUT2D eigenvalue weighted by Gasteiger charge is 2.37. The molecule has 2 aliphatic heterocycles. The van der Waals surface area contributed by atoms with Crippen LogP contribution in [0.1, 0.15) is 18.4 Å².